The average Bonchev–Trinajstić information content (AvgIpc) is 3.38. The van der Waals surface area contributed by atoms with Gasteiger partial charge in [0.2, 0.25) is 0 Å². The number of hydrogen-bond acceptors (Lipinski definition) is 2. The largest absolute Gasteiger partial charge is 2.00 e. The van der Waals surface area contributed by atoms with Crippen LogP contribution < -0.4 is 0 Å². The van der Waals surface area contributed by atoms with Crippen molar-refractivity contribution in [1.82, 2.24) is 19.6 Å². The van der Waals surface area contributed by atoms with Crippen molar-refractivity contribution in [2.24, 2.45) is 0 Å². The van der Waals surface area contributed by atoms with Crippen LogP contribution in [0.3, 0.4) is 0 Å². The van der Waals surface area contributed by atoms with Gasteiger partial charge in [0.25, 0.3) is 0 Å². The molecule has 0 radical (unpaired) electrons. The van der Waals surface area contributed by atoms with Crippen molar-refractivity contribution in [3.8, 4) is 11.4 Å². The summed E-state index contributed by atoms with van der Waals surface area (Å²) in [6, 6.07) is 23.7. The molecule has 148 valence electrons. The molecule has 8 bridgehead atoms. The quantitative estimate of drug-likeness (QED) is 0.294. The first kappa shape index (κ1) is 19.8. The summed E-state index contributed by atoms with van der Waals surface area (Å²) in [4.78, 5) is 0. The smallest absolute Gasteiger partial charge is 0.265 e. The van der Waals surface area contributed by atoms with Crippen LogP contribution in [0.5, 0.6) is 0 Å². The predicted octanol–water partition coefficient (Wildman–Crippen LogP) is 4.62. The molecular formula is C24H22N4Pt. The Kier molecular flexibility index (Phi) is 4.66. The van der Waals surface area contributed by atoms with E-state index < -0.39 is 0 Å². The second-order valence-electron chi connectivity index (χ2n) is 8.44. The maximum absolute atomic E-state index is 4.88. The van der Waals surface area contributed by atoms with Gasteiger partial charge in [-0.15, -0.1) is 23.3 Å². The molecule has 0 fully saturated rings. The third-order valence-electron chi connectivity index (χ3n) is 5.86. The summed E-state index contributed by atoms with van der Waals surface area (Å²) in [5.41, 5.74) is 5.47. The van der Waals surface area contributed by atoms with Gasteiger partial charge < -0.3 is 0 Å². The van der Waals surface area contributed by atoms with E-state index in [1.807, 2.05) is 33.9 Å². The molecular weight excluding hydrogens is 539 g/mol. The van der Waals surface area contributed by atoms with Crippen LogP contribution in [0.15, 0.2) is 60.9 Å². The number of hydrogen-bond donors (Lipinski definition) is 0. The molecule has 0 saturated heterocycles. The van der Waals surface area contributed by atoms with Gasteiger partial charge in [-0.3, -0.25) is 9.36 Å². The third kappa shape index (κ3) is 3.10. The Morgan fingerprint density at radius 2 is 1.07 bits per heavy atom. The normalized spacial score (nSPS) is 15.9. The van der Waals surface area contributed by atoms with E-state index in [1.165, 1.54) is 0 Å². The van der Waals surface area contributed by atoms with Crippen LogP contribution in [0.25, 0.3) is 11.4 Å². The van der Waals surface area contributed by atoms with Crippen molar-refractivity contribution in [3.05, 3.63) is 95.6 Å². The van der Waals surface area contributed by atoms with Gasteiger partial charge in [0, 0.05) is 23.2 Å². The molecule has 0 amide bonds. The Hall–Kier alpha value is -2.45. The zero-order valence-electron chi connectivity index (χ0n) is 16.9. The van der Waals surface area contributed by atoms with Gasteiger partial charge in [-0.1, -0.05) is 27.7 Å². The zero-order chi connectivity index (χ0) is 19.5. The minimum Gasteiger partial charge on any atom is -0.265 e. The van der Waals surface area contributed by atoms with Crippen molar-refractivity contribution in [2.75, 3.05) is 0 Å². The van der Waals surface area contributed by atoms with Gasteiger partial charge in [0.05, 0.1) is 11.4 Å². The van der Waals surface area contributed by atoms with Crippen LogP contribution in [0, 0.1) is 12.1 Å². The van der Waals surface area contributed by atoms with Crippen molar-refractivity contribution in [2.45, 2.75) is 38.5 Å². The summed E-state index contributed by atoms with van der Waals surface area (Å²) in [7, 11) is 0. The summed E-state index contributed by atoms with van der Waals surface area (Å²) in [5, 5.41) is 9.77. The molecule has 4 aromatic rings. The van der Waals surface area contributed by atoms with Crippen LogP contribution in [0.2, 0.25) is 0 Å². The fourth-order valence-electron chi connectivity index (χ4n) is 3.77. The Morgan fingerprint density at radius 1 is 0.655 bits per heavy atom. The minimum absolute atomic E-state index is 0. The van der Waals surface area contributed by atoms with Crippen LogP contribution in [0.1, 0.15) is 50.2 Å². The summed E-state index contributed by atoms with van der Waals surface area (Å²) in [6.07, 6.45) is 4.02. The van der Waals surface area contributed by atoms with Gasteiger partial charge in [0.1, 0.15) is 0 Å². The standard InChI is InChI=1S/C24H22N4.Pt/c1-23(2)17-7-5-9-19(15-17)28-14-12-22(26-28)24(3,4)18-8-6-10-20(16-18)27-13-11-21(23)25-27;/h5-14H,1-4H3;/q-2;+2. The first-order chi connectivity index (χ1) is 13.4. The number of aromatic nitrogens is 4. The van der Waals surface area contributed by atoms with E-state index in [4.69, 9.17) is 10.2 Å². The monoisotopic (exact) mass is 561 g/mol. The minimum atomic E-state index is -0.280. The van der Waals surface area contributed by atoms with Crippen LogP contribution in [-0.2, 0) is 31.9 Å². The Morgan fingerprint density at radius 3 is 1.48 bits per heavy atom. The van der Waals surface area contributed by atoms with Gasteiger partial charge in [-0.2, -0.15) is 46.6 Å². The molecule has 5 heteroatoms. The Bertz CT molecular complexity index is 1090. The van der Waals surface area contributed by atoms with Gasteiger partial charge in [-0.05, 0) is 23.5 Å². The predicted molar refractivity (Wildman–Crippen MR) is 109 cm³/mol. The molecule has 0 unspecified atom stereocenters. The molecule has 4 nitrogen and oxygen atoms in total. The Balaban J connectivity index is 0.00000205. The molecule has 0 spiro atoms. The molecule has 0 saturated carbocycles. The fraction of sp³-hybridized carbons (Fsp3) is 0.250. The second-order valence-corrected chi connectivity index (χ2v) is 8.44. The number of benzene rings is 2. The zero-order valence-corrected chi connectivity index (χ0v) is 19.2. The maximum atomic E-state index is 4.88. The van der Waals surface area contributed by atoms with Crippen molar-refractivity contribution >= 4 is 0 Å². The fourth-order valence-corrected chi connectivity index (χ4v) is 3.77. The summed E-state index contributed by atoms with van der Waals surface area (Å²) < 4.78 is 3.82. The molecule has 1 aliphatic heterocycles. The molecule has 3 heterocycles. The molecule has 1 aliphatic rings. The van der Waals surface area contributed by atoms with E-state index in [2.05, 4.69) is 76.2 Å². The number of nitrogens with zero attached hydrogens (tertiary/aromatic N) is 4. The SMILES string of the molecule is CC1(C)c2[c-]c(ccc2)-n2ccc(n2)C(C)(C)c2[c-]c(ccc2)-n2ccc1n2.[Pt+2]. The maximum Gasteiger partial charge on any atom is 2.00 e. The van der Waals surface area contributed by atoms with E-state index in [1.54, 1.807) is 0 Å². The summed E-state index contributed by atoms with van der Waals surface area (Å²) in [6.45, 7) is 8.72. The van der Waals surface area contributed by atoms with E-state index in [0.717, 1.165) is 33.9 Å². The van der Waals surface area contributed by atoms with Gasteiger partial charge in [-0.25, -0.2) is 0 Å². The first-order valence-corrected chi connectivity index (χ1v) is 9.54. The van der Waals surface area contributed by atoms with Gasteiger partial charge >= 0.3 is 21.1 Å². The van der Waals surface area contributed by atoms with Crippen molar-refractivity contribution < 1.29 is 21.1 Å². The Labute approximate surface area is 185 Å². The average molecular weight is 562 g/mol. The van der Waals surface area contributed by atoms with Crippen molar-refractivity contribution in [1.29, 1.82) is 0 Å². The second kappa shape index (κ2) is 6.81. The van der Waals surface area contributed by atoms with E-state index in [9.17, 15) is 0 Å². The first-order valence-electron chi connectivity index (χ1n) is 9.54. The molecule has 2 aromatic carbocycles. The van der Waals surface area contributed by atoms with E-state index in [-0.39, 0.29) is 31.9 Å². The van der Waals surface area contributed by atoms with E-state index in [0.29, 0.717) is 0 Å². The molecule has 0 atom stereocenters. The van der Waals surface area contributed by atoms with Crippen LogP contribution in [-0.4, -0.2) is 19.6 Å². The topological polar surface area (TPSA) is 35.6 Å². The molecule has 2 aromatic heterocycles. The van der Waals surface area contributed by atoms with Crippen molar-refractivity contribution in [3.63, 3.8) is 0 Å². The number of fused-ring (bicyclic) bond motifs is 10. The van der Waals surface area contributed by atoms with Gasteiger partial charge in [0.15, 0.2) is 0 Å². The van der Waals surface area contributed by atoms with E-state index >= 15 is 0 Å². The van der Waals surface area contributed by atoms with Crippen LogP contribution >= 0.6 is 0 Å². The third-order valence-corrected chi connectivity index (χ3v) is 5.86. The molecule has 0 N–H and O–H groups in total. The molecule has 29 heavy (non-hydrogen) atoms. The number of rotatable bonds is 0. The summed E-state index contributed by atoms with van der Waals surface area (Å²) in [5.74, 6) is 0. The summed E-state index contributed by atoms with van der Waals surface area (Å²) >= 11 is 0. The molecule has 0 aliphatic carbocycles. The van der Waals surface area contributed by atoms with Crippen LogP contribution in [0.4, 0.5) is 0 Å². The molecule has 5 rings (SSSR count).